The summed E-state index contributed by atoms with van der Waals surface area (Å²) < 4.78 is 31.7. The van der Waals surface area contributed by atoms with Gasteiger partial charge in [-0.25, -0.2) is 13.6 Å². The molecule has 2 amide bonds. The van der Waals surface area contributed by atoms with Crippen LogP contribution >= 0.6 is 23.2 Å². The number of rotatable bonds is 5. The van der Waals surface area contributed by atoms with Gasteiger partial charge >= 0.3 is 6.03 Å². The zero-order chi connectivity index (χ0) is 30.2. The van der Waals surface area contributed by atoms with Gasteiger partial charge in [0.1, 0.15) is 17.1 Å². The van der Waals surface area contributed by atoms with E-state index < -0.39 is 41.0 Å². The number of hydrogen-bond acceptors (Lipinski definition) is 5. The molecule has 1 unspecified atom stereocenters. The molecule has 1 fully saturated rings. The van der Waals surface area contributed by atoms with Gasteiger partial charge in [0.2, 0.25) is 5.82 Å². The molecule has 4 atom stereocenters. The fourth-order valence-electron chi connectivity index (χ4n) is 6.27. The van der Waals surface area contributed by atoms with Crippen LogP contribution in [-0.4, -0.2) is 44.1 Å². The van der Waals surface area contributed by atoms with E-state index in [4.69, 9.17) is 23.2 Å². The van der Waals surface area contributed by atoms with Gasteiger partial charge in [-0.3, -0.25) is 0 Å². The van der Waals surface area contributed by atoms with Crippen molar-refractivity contribution in [2.45, 2.75) is 45.1 Å². The molecule has 1 saturated heterocycles. The van der Waals surface area contributed by atoms with Crippen molar-refractivity contribution in [3.63, 3.8) is 0 Å². The molecular weight excluding hydrogens is 583 g/mol. The van der Waals surface area contributed by atoms with Gasteiger partial charge in [-0.15, -0.1) is 10.2 Å². The molecule has 2 N–H and O–H groups in total. The second-order valence-corrected chi connectivity index (χ2v) is 12.7. The second kappa shape index (κ2) is 11.5. The molecule has 2 aromatic carbocycles. The number of H-pyrrole nitrogens is 1. The molecule has 0 saturated carbocycles. The first-order valence-electron chi connectivity index (χ1n) is 13.4. The third-order valence-electron chi connectivity index (χ3n) is 7.85. The molecule has 5 rings (SSSR count). The number of aromatic amines is 1. The Labute approximate surface area is 252 Å². The van der Waals surface area contributed by atoms with Crippen LogP contribution in [-0.2, 0) is 5.41 Å². The minimum absolute atomic E-state index is 0.0709. The van der Waals surface area contributed by atoms with Gasteiger partial charge in [-0.1, -0.05) is 68.2 Å². The Hall–Kier alpha value is -3.81. The Balaban J connectivity index is 1.64. The summed E-state index contributed by atoms with van der Waals surface area (Å²) in [7, 11) is 0. The van der Waals surface area contributed by atoms with E-state index in [9.17, 15) is 10.1 Å². The average Bonchev–Trinajstić information content (AvgIpc) is 3.57. The van der Waals surface area contributed by atoms with E-state index in [1.807, 2.05) is 20.8 Å². The normalized spacial score (nSPS) is 24.1. The van der Waals surface area contributed by atoms with Crippen LogP contribution in [0.25, 0.3) is 11.4 Å². The molecule has 3 aromatic rings. The minimum Gasteiger partial charge on any atom is -0.319 e. The molecule has 2 heterocycles. The number of anilines is 1. The molecule has 42 heavy (non-hydrogen) atoms. The summed E-state index contributed by atoms with van der Waals surface area (Å²) in [6.45, 7) is 6.11. The minimum atomic E-state index is -1.61. The summed E-state index contributed by atoms with van der Waals surface area (Å²) in [5, 5.41) is 27.9. The first-order chi connectivity index (χ1) is 19.9. The lowest BCUT2D eigenvalue weighted by atomic mass is 9.62. The van der Waals surface area contributed by atoms with Crippen molar-refractivity contribution < 1.29 is 13.6 Å². The maximum Gasteiger partial charge on any atom is 0.322 e. The quantitative estimate of drug-likeness (QED) is 0.312. The van der Waals surface area contributed by atoms with Gasteiger partial charge in [-0.2, -0.15) is 10.5 Å². The lowest BCUT2D eigenvalue weighted by Crippen LogP contribution is -2.52. The van der Waals surface area contributed by atoms with Crippen LogP contribution in [0.4, 0.5) is 19.3 Å². The Morgan fingerprint density at radius 1 is 1.24 bits per heavy atom. The largest absolute Gasteiger partial charge is 0.322 e. The lowest BCUT2D eigenvalue weighted by Gasteiger charge is -2.41. The molecule has 1 aliphatic carbocycles. The summed E-state index contributed by atoms with van der Waals surface area (Å²) in [5.74, 6) is -2.53. The van der Waals surface area contributed by atoms with Crippen LogP contribution in [0.1, 0.15) is 39.2 Å². The molecular formula is C30H29Cl2F2N7O. The van der Waals surface area contributed by atoms with E-state index in [-0.39, 0.29) is 34.0 Å². The zero-order valence-electron chi connectivity index (χ0n) is 23.2. The number of nitriles is 1. The van der Waals surface area contributed by atoms with Crippen LogP contribution in [0, 0.1) is 34.4 Å². The highest BCUT2D eigenvalue weighted by atomic mass is 35.5. The number of tetrazole rings is 1. The number of hydrogen-bond donors (Lipinski definition) is 2. The molecule has 8 nitrogen and oxygen atoms in total. The van der Waals surface area contributed by atoms with Crippen LogP contribution in [0.15, 0.2) is 65.5 Å². The zero-order valence-corrected chi connectivity index (χ0v) is 24.7. The van der Waals surface area contributed by atoms with E-state index in [0.29, 0.717) is 23.5 Å². The van der Waals surface area contributed by atoms with Gasteiger partial charge in [-0.05, 0) is 53.8 Å². The van der Waals surface area contributed by atoms with Crippen LogP contribution in [0.5, 0.6) is 0 Å². The Kier molecular flexibility index (Phi) is 8.10. The summed E-state index contributed by atoms with van der Waals surface area (Å²) in [5.41, 5.74) is -0.808. The third kappa shape index (κ3) is 5.51. The van der Waals surface area contributed by atoms with Crippen molar-refractivity contribution in [3.05, 3.63) is 81.9 Å². The number of urea groups is 1. The molecule has 0 spiro atoms. The van der Waals surface area contributed by atoms with E-state index in [1.54, 1.807) is 30.3 Å². The average molecular weight is 613 g/mol. The van der Waals surface area contributed by atoms with Gasteiger partial charge in [0, 0.05) is 40.2 Å². The lowest BCUT2D eigenvalue weighted by molar-refractivity contribution is 0.166. The standard InChI is InChI=1S/C30H29Cl2F2N7O/c1-29(2,3)14-18-15-41(28(42)36-20-7-4-6-17(12-20)27-37-39-40-38-27)26(21-8-5-9-23(32)25(21)34)30(18,16-35)22-11-10-19(31)13-24(22)33/h4-7,9-13,18,21,26H,8,14-15H2,1-3H3,(H,36,42)(H,37,38,39,40)/t18-,21?,26-,30-/m1/s1. The molecule has 0 radical (unpaired) electrons. The molecule has 2 aliphatic rings. The topological polar surface area (TPSA) is 111 Å². The highest BCUT2D eigenvalue weighted by molar-refractivity contribution is 6.31. The van der Waals surface area contributed by atoms with Gasteiger partial charge < -0.3 is 10.2 Å². The highest BCUT2D eigenvalue weighted by Gasteiger charge is 2.61. The van der Waals surface area contributed by atoms with E-state index in [2.05, 4.69) is 32.0 Å². The third-order valence-corrected chi connectivity index (χ3v) is 8.39. The fourth-order valence-corrected chi connectivity index (χ4v) is 6.66. The maximum atomic E-state index is 15.9. The first-order valence-corrected chi connectivity index (χ1v) is 14.2. The summed E-state index contributed by atoms with van der Waals surface area (Å²) in [4.78, 5) is 15.6. The van der Waals surface area contributed by atoms with E-state index >= 15 is 8.78 Å². The summed E-state index contributed by atoms with van der Waals surface area (Å²) in [6.07, 6.45) is 3.79. The Bertz CT molecular complexity index is 1600. The van der Waals surface area contributed by atoms with Crippen molar-refractivity contribution in [2.75, 3.05) is 11.9 Å². The predicted octanol–water partition coefficient (Wildman–Crippen LogP) is 7.39. The molecule has 12 heteroatoms. The predicted molar refractivity (Wildman–Crippen MR) is 157 cm³/mol. The maximum absolute atomic E-state index is 15.9. The second-order valence-electron chi connectivity index (χ2n) is 11.9. The van der Waals surface area contributed by atoms with Crippen molar-refractivity contribution in [3.8, 4) is 17.5 Å². The monoisotopic (exact) mass is 611 g/mol. The number of amides is 2. The number of allylic oxidation sites excluding steroid dienone is 3. The number of benzene rings is 2. The number of nitrogens with zero attached hydrogens (tertiary/aromatic N) is 5. The van der Waals surface area contributed by atoms with E-state index in [0.717, 1.165) is 6.07 Å². The summed E-state index contributed by atoms with van der Waals surface area (Å²) >= 11 is 12.3. The number of halogens is 4. The number of carbonyl (C=O) groups is 1. The van der Waals surface area contributed by atoms with Crippen LogP contribution in [0.2, 0.25) is 5.02 Å². The Morgan fingerprint density at radius 3 is 2.69 bits per heavy atom. The SMILES string of the molecule is CC(C)(C)C[C@@H]1CN(C(=O)Nc2cccc(-c3nn[nH]n3)c2)[C@H](C2CC=CC(Cl)=C2F)[C@@]1(C#N)c1ccc(Cl)cc1F. The van der Waals surface area contributed by atoms with Gasteiger partial charge in [0.25, 0.3) is 0 Å². The van der Waals surface area contributed by atoms with E-state index in [1.165, 1.54) is 23.1 Å². The first kappa shape index (κ1) is 29.7. The Morgan fingerprint density at radius 2 is 2.02 bits per heavy atom. The molecule has 218 valence electrons. The van der Waals surface area contributed by atoms with Crippen molar-refractivity contribution in [1.29, 1.82) is 5.26 Å². The molecule has 1 aromatic heterocycles. The smallest absolute Gasteiger partial charge is 0.319 e. The van der Waals surface area contributed by atoms with Crippen molar-refractivity contribution >= 4 is 34.9 Å². The molecule has 1 aliphatic heterocycles. The molecule has 0 bridgehead atoms. The summed E-state index contributed by atoms with van der Waals surface area (Å²) in [6, 6.07) is 11.7. The highest BCUT2D eigenvalue weighted by Crippen LogP contribution is 2.54. The fraction of sp³-hybridized carbons (Fsp3) is 0.367. The van der Waals surface area contributed by atoms with Crippen molar-refractivity contribution in [2.24, 2.45) is 17.3 Å². The number of carbonyl (C=O) groups excluding carboxylic acids is 1. The van der Waals surface area contributed by atoms with Gasteiger partial charge in [0.15, 0.2) is 0 Å². The number of likely N-dealkylation sites (tertiary alicyclic amines) is 1. The number of aromatic nitrogens is 4. The number of nitrogens with one attached hydrogen (secondary N) is 2. The van der Waals surface area contributed by atoms with Crippen molar-refractivity contribution in [1.82, 2.24) is 25.5 Å². The van der Waals surface area contributed by atoms with Crippen LogP contribution < -0.4 is 5.32 Å². The van der Waals surface area contributed by atoms with Gasteiger partial charge in [0.05, 0.1) is 17.1 Å². The van der Waals surface area contributed by atoms with Crippen LogP contribution in [0.3, 0.4) is 0 Å².